The first kappa shape index (κ1) is 8.88. The van der Waals surface area contributed by atoms with Crippen LogP contribution < -0.4 is 10.5 Å². The summed E-state index contributed by atoms with van der Waals surface area (Å²) in [5.74, 6) is 0.630. The lowest BCUT2D eigenvalue weighted by molar-refractivity contribution is 0.366. The van der Waals surface area contributed by atoms with E-state index < -0.39 is 0 Å². The maximum absolute atomic E-state index is 8.26. The molecular formula is C8H7BrN2O. The highest BCUT2D eigenvalue weighted by molar-refractivity contribution is 9.10. The molecule has 1 rings (SSSR count). The molecule has 0 heterocycles. The van der Waals surface area contributed by atoms with Crippen molar-refractivity contribution in [3.8, 4) is 11.8 Å². The predicted octanol–water partition coefficient (Wildman–Crippen LogP) is 1.93. The highest BCUT2D eigenvalue weighted by Crippen LogP contribution is 2.26. The summed E-state index contributed by atoms with van der Waals surface area (Å²) >= 11 is 3.26. The zero-order chi connectivity index (χ0) is 8.97. The highest BCUT2D eigenvalue weighted by Gasteiger charge is 1.99. The molecule has 0 bridgehead atoms. The van der Waals surface area contributed by atoms with Crippen molar-refractivity contribution < 1.29 is 4.74 Å². The van der Waals surface area contributed by atoms with Crippen LogP contribution in [0.3, 0.4) is 0 Å². The van der Waals surface area contributed by atoms with Crippen LogP contribution in [0.5, 0.6) is 5.75 Å². The molecular weight excluding hydrogens is 220 g/mol. The number of nitrogens with two attached hydrogens (primary N) is 1. The zero-order valence-corrected chi connectivity index (χ0v) is 7.84. The molecule has 2 N–H and O–H groups in total. The number of nitrogen functional groups attached to an aromatic ring is 1. The Hall–Kier alpha value is -1.21. The molecule has 0 aliphatic rings. The van der Waals surface area contributed by atoms with Gasteiger partial charge in [0.2, 0.25) is 0 Å². The van der Waals surface area contributed by atoms with Gasteiger partial charge in [-0.25, -0.2) is 0 Å². The first-order valence-corrected chi connectivity index (χ1v) is 4.08. The third kappa shape index (κ3) is 2.14. The molecule has 0 aliphatic carbocycles. The standard InChI is InChI=1S/C8H7BrN2O/c9-7-5-6(11)1-2-8(7)12-4-3-10/h1-2,5H,4,11H2. The largest absolute Gasteiger partial charge is 0.478 e. The van der Waals surface area contributed by atoms with Gasteiger partial charge in [0.15, 0.2) is 6.61 Å². The van der Waals surface area contributed by atoms with Crippen LogP contribution in [0.25, 0.3) is 0 Å². The van der Waals surface area contributed by atoms with E-state index in [1.165, 1.54) is 0 Å². The van der Waals surface area contributed by atoms with Gasteiger partial charge in [0, 0.05) is 5.69 Å². The van der Waals surface area contributed by atoms with Gasteiger partial charge in [-0.1, -0.05) is 0 Å². The number of nitrogens with zero attached hydrogens (tertiary/aromatic N) is 1. The van der Waals surface area contributed by atoms with Gasteiger partial charge in [0.05, 0.1) is 4.47 Å². The van der Waals surface area contributed by atoms with E-state index in [-0.39, 0.29) is 6.61 Å². The second-order valence-corrected chi connectivity index (χ2v) is 2.99. The fraction of sp³-hybridized carbons (Fsp3) is 0.125. The van der Waals surface area contributed by atoms with E-state index >= 15 is 0 Å². The molecule has 0 aliphatic heterocycles. The van der Waals surface area contributed by atoms with Crippen molar-refractivity contribution >= 4 is 21.6 Å². The second kappa shape index (κ2) is 3.98. The number of halogens is 1. The zero-order valence-electron chi connectivity index (χ0n) is 6.25. The molecule has 1 aromatic rings. The summed E-state index contributed by atoms with van der Waals surface area (Å²) in [7, 11) is 0. The molecule has 0 aromatic heterocycles. The van der Waals surface area contributed by atoms with Crippen molar-refractivity contribution in [1.29, 1.82) is 5.26 Å². The van der Waals surface area contributed by atoms with E-state index in [2.05, 4.69) is 15.9 Å². The van der Waals surface area contributed by atoms with Gasteiger partial charge in [-0.15, -0.1) is 0 Å². The number of rotatable bonds is 2. The molecule has 0 unspecified atom stereocenters. The first-order chi connectivity index (χ1) is 5.74. The van der Waals surface area contributed by atoms with E-state index in [0.717, 1.165) is 4.47 Å². The smallest absolute Gasteiger partial charge is 0.174 e. The normalized spacial score (nSPS) is 9.00. The van der Waals surface area contributed by atoms with Crippen LogP contribution in [-0.2, 0) is 0 Å². The van der Waals surface area contributed by atoms with E-state index in [4.69, 9.17) is 15.7 Å². The minimum absolute atomic E-state index is 0.0442. The van der Waals surface area contributed by atoms with Gasteiger partial charge >= 0.3 is 0 Å². The number of anilines is 1. The van der Waals surface area contributed by atoms with Gasteiger partial charge in [0.25, 0.3) is 0 Å². The average molecular weight is 227 g/mol. The van der Waals surface area contributed by atoms with Crippen molar-refractivity contribution in [3.63, 3.8) is 0 Å². The molecule has 0 atom stereocenters. The summed E-state index contributed by atoms with van der Waals surface area (Å²) in [6.45, 7) is 0.0442. The van der Waals surface area contributed by atoms with Gasteiger partial charge in [-0.2, -0.15) is 5.26 Å². The van der Waals surface area contributed by atoms with E-state index in [0.29, 0.717) is 11.4 Å². The minimum Gasteiger partial charge on any atom is -0.478 e. The summed E-state index contributed by atoms with van der Waals surface area (Å²) in [5, 5.41) is 8.26. The lowest BCUT2D eigenvalue weighted by Gasteiger charge is -2.04. The molecule has 0 radical (unpaired) electrons. The number of benzene rings is 1. The van der Waals surface area contributed by atoms with Crippen molar-refractivity contribution in [1.82, 2.24) is 0 Å². The lowest BCUT2D eigenvalue weighted by Crippen LogP contribution is -1.94. The highest BCUT2D eigenvalue weighted by atomic mass is 79.9. The van der Waals surface area contributed by atoms with Crippen molar-refractivity contribution in [2.45, 2.75) is 0 Å². The van der Waals surface area contributed by atoms with Gasteiger partial charge < -0.3 is 10.5 Å². The van der Waals surface area contributed by atoms with E-state index in [1.54, 1.807) is 18.2 Å². The molecule has 0 spiro atoms. The Morgan fingerprint density at radius 3 is 2.92 bits per heavy atom. The summed E-state index contributed by atoms with van der Waals surface area (Å²) in [6.07, 6.45) is 0. The predicted molar refractivity (Wildman–Crippen MR) is 49.7 cm³/mol. The van der Waals surface area contributed by atoms with E-state index in [9.17, 15) is 0 Å². The van der Waals surface area contributed by atoms with E-state index in [1.807, 2.05) is 6.07 Å². The second-order valence-electron chi connectivity index (χ2n) is 2.14. The Morgan fingerprint density at radius 1 is 1.58 bits per heavy atom. The number of nitriles is 1. The molecule has 0 saturated heterocycles. The van der Waals surface area contributed by atoms with Gasteiger partial charge in [0.1, 0.15) is 11.8 Å². The molecule has 0 saturated carbocycles. The molecule has 62 valence electrons. The van der Waals surface area contributed by atoms with Gasteiger partial charge in [-0.05, 0) is 34.1 Å². The fourth-order valence-electron chi connectivity index (χ4n) is 0.744. The first-order valence-electron chi connectivity index (χ1n) is 3.29. The maximum atomic E-state index is 8.26. The monoisotopic (exact) mass is 226 g/mol. The Labute approximate surface area is 78.9 Å². The van der Waals surface area contributed by atoms with Crippen molar-refractivity contribution in [2.75, 3.05) is 12.3 Å². The molecule has 3 nitrogen and oxygen atoms in total. The van der Waals surface area contributed by atoms with Crippen LogP contribution in [0.4, 0.5) is 5.69 Å². The van der Waals surface area contributed by atoms with Crippen molar-refractivity contribution in [2.24, 2.45) is 0 Å². The topological polar surface area (TPSA) is 59.0 Å². The van der Waals surface area contributed by atoms with Crippen LogP contribution in [-0.4, -0.2) is 6.61 Å². The number of ether oxygens (including phenoxy) is 1. The van der Waals surface area contributed by atoms with Crippen LogP contribution in [0, 0.1) is 11.3 Å². The fourth-order valence-corrected chi connectivity index (χ4v) is 1.26. The summed E-state index contributed by atoms with van der Waals surface area (Å²) in [4.78, 5) is 0. The molecule has 12 heavy (non-hydrogen) atoms. The molecule has 4 heteroatoms. The van der Waals surface area contributed by atoms with Crippen LogP contribution in [0.2, 0.25) is 0 Å². The van der Waals surface area contributed by atoms with Gasteiger partial charge in [-0.3, -0.25) is 0 Å². The number of hydrogen-bond donors (Lipinski definition) is 1. The van der Waals surface area contributed by atoms with Crippen LogP contribution in [0.1, 0.15) is 0 Å². The van der Waals surface area contributed by atoms with Crippen molar-refractivity contribution in [3.05, 3.63) is 22.7 Å². The molecule has 0 fully saturated rings. The average Bonchev–Trinajstić information content (AvgIpc) is 2.03. The maximum Gasteiger partial charge on any atom is 0.174 e. The molecule has 1 aromatic carbocycles. The van der Waals surface area contributed by atoms with Crippen LogP contribution in [0.15, 0.2) is 22.7 Å². The Balaban J connectivity index is 2.81. The van der Waals surface area contributed by atoms with Crippen LogP contribution >= 0.6 is 15.9 Å². The quantitative estimate of drug-likeness (QED) is 0.785. The Kier molecular flexibility index (Phi) is 2.94. The Bertz CT molecular complexity index is 319. The molecule has 0 amide bonds. The third-order valence-corrected chi connectivity index (χ3v) is 1.87. The number of hydrogen-bond acceptors (Lipinski definition) is 3. The summed E-state index contributed by atoms with van der Waals surface area (Å²) in [6, 6.07) is 7.05. The Morgan fingerprint density at radius 2 is 2.33 bits per heavy atom. The summed E-state index contributed by atoms with van der Waals surface area (Å²) < 4.78 is 5.84. The lowest BCUT2D eigenvalue weighted by atomic mass is 10.3. The minimum atomic E-state index is 0.0442. The summed E-state index contributed by atoms with van der Waals surface area (Å²) in [5.41, 5.74) is 6.16. The third-order valence-electron chi connectivity index (χ3n) is 1.25. The SMILES string of the molecule is N#CCOc1ccc(N)cc1Br.